The van der Waals surface area contributed by atoms with E-state index in [1.165, 1.54) is 0 Å². The first-order valence-corrected chi connectivity index (χ1v) is 9.32. The highest BCUT2D eigenvalue weighted by Gasteiger charge is 2.33. The van der Waals surface area contributed by atoms with Crippen molar-refractivity contribution in [2.75, 3.05) is 13.1 Å². The van der Waals surface area contributed by atoms with Crippen LogP contribution in [0.15, 0.2) is 48.5 Å². The third-order valence-corrected chi connectivity index (χ3v) is 5.10. The van der Waals surface area contributed by atoms with Crippen LogP contribution in [0.5, 0.6) is 0 Å². The summed E-state index contributed by atoms with van der Waals surface area (Å²) in [5.74, 6) is -0.361. The van der Waals surface area contributed by atoms with E-state index in [0.29, 0.717) is 36.1 Å². The standard InChI is InChI=1S/C20H20Cl2N2O2/c21-17-7-6-15(18(22)11-17)8-9-23-20(26)16-10-19(25)24(13-16)12-14-4-2-1-3-5-14/h1-7,11,16H,8-10,12-13H2,(H,23,26). The summed E-state index contributed by atoms with van der Waals surface area (Å²) in [6, 6.07) is 15.1. The van der Waals surface area contributed by atoms with E-state index < -0.39 is 0 Å². The van der Waals surface area contributed by atoms with Gasteiger partial charge in [0.2, 0.25) is 11.8 Å². The van der Waals surface area contributed by atoms with Crippen molar-refractivity contribution in [1.29, 1.82) is 0 Å². The zero-order valence-electron chi connectivity index (χ0n) is 14.3. The van der Waals surface area contributed by atoms with Crippen LogP contribution in [0.1, 0.15) is 17.5 Å². The summed E-state index contributed by atoms with van der Waals surface area (Å²) in [6.07, 6.45) is 0.885. The minimum absolute atomic E-state index is 0.0229. The molecule has 2 aromatic rings. The van der Waals surface area contributed by atoms with Gasteiger partial charge in [0.25, 0.3) is 0 Å². The fraction of sp³-hybridized carbons (Fsp3) is 0.300. The van der Waals surface area contributed by atoms with E-state index in [-0.39, 0.29) is 24.2 Å². The van der Waals surface area contributed by atoms with Crippen LogP contribution >= 0.6 is 23.2 Å². The molecule has 1 N–H and O–H groups in total. The van der Waals surface area contributed by atoms with E-state index in [2.05, 4.69) is 5.32 Å². The van der Waals surface area contributed by atoms with E-state index in [1.54, 1.807) is 17.0 Å². The largest absolute Gasteiger partial charge is 0.355 e. The number of halogens is 2. The maximum absolute atomic E-state index is 12.4. The Morgan fingerprint density at radius 3 is 2.65 bits per heavy atom. The Morgan fingerprint density at radius 2 is 1.92 bits per heavy atom. The summed E-state index contributed by atoms with van der Waals surface area (Å²) >= 11 is 12.0. The van der Waals surface area contributed by atoms with Crippen LogP contribution in [0, 0.1) is 5.92 Å². The van der Waals surface area contributed by atoms with Crippen molar-refractivity contribution < 1.29 is 9.59 Å². The molecule has 1 heterocycles. The smallest absolute Gasteiger partial charge is 0.225 e. The Hall–Kier alpha value is -2.04. The number of hydrogen-bond acceptors (Lipinski definition) is 2. The first-order valence-electron chi connectivity index (χ1n) is 8.56. The molecule has 0 saturated carbocycles. The van der Waals surface area contributed by atoms with Crippen LogP contribution in [0.2, 0.25) is 10.0 Å². The minimum atomic E-state index is -0.299. The summed E-state index contributed by atoms with van der Waals surface area (Å²) in [5.41, 5.74) is 2.00. The molecule has 1 fully saturated rings. The maximum atomic E-state index is 12.4. The lowest BCUT2D eigenvalue weighted by atomic mass is 10.1. The van der Waals surface area contributed by atoms with Gasteiger partial charge in [0.05, 0.1) is 5.92 Å². The van der Waals surface area contributed by atoms with Gasteiger partial charge in [-0.3, -0.25) is 9.59 Å². The summed E-state index contributed by atoms with van der Waals surface area (Å²) in [4.78, 5) is 26.3. The van der Waals surface area contributed by atoms with Crippen molar-refractivity contribution in [1.82, 2.24) is 10.2 Å². The van der Waals surface area contributed by atoms with Crippen molar-refractivity contribution in [2.24, 2.45) is 5.92 Å². The van der Waals surface area contributed by atoms with Gasteiger partial charge in [-0.05, 0) is 29.7 Å². The van der Waals surface area contributed by atoms with Crippen molar-refractivity contribution in [3.05, 3.63) is 69.7 Å². The van der Waals surface area contributed by atoms with Gasteiger partial charge in [0.15, 0.2) is 0 Å². The maximum Gasteiger partial charge on any atom is 0.225 e. The van der Waals surface area contributed by atoms with Crippen LogP contribution in [-0.2, 0) is 22.6 Å². The second-order valence-corrected chi connectivity index (χ2v) is 7.28. The van der Waals surface area contributed by atoms with Crippen molar-refractivity contribution in [3.63, 3.8) is 0 Å². The highest BCUT2D eigenvalue weighted by Crippen LogP contribution is 2.22. The quantitative estimate of drug-likeness (QED) is 0.817. The van der Waals surface area contributed by atoms with Gasteiger partial charge in [0, 0.05) is 36.1 Å². The van der Waals surface area contributed by atoms with Crippen LogP contribution in [-0.4, -0.2) is 29.8 Å². The topological polar surface area (TPSA) is 49.4 Å². The number of nitrogens with zero attached hydrogens (tertiary/aromatic N) is 1. The Bertz CT molecular complexity index is 796. The van der Waals surface area contributed by atoms with E-state index in [1.807, 2.05) is 36.4 Å². The van der Waals surface area contributed by atoms with Gasteiger partial charge in [-0.1, -0.05) is 59.6 Å². The zero-order valence-corrected chi connectivity index (χ0v) is 15.8. The van der Waals surface area contributed by atoms with Crippen molar-refractivity contribution in [3.8, 4) is 0 Å². The number of benzene rings is 2. The van der Waals surface area contributed by atoms with Crippen LogP contribution < -0.4 is 5.32 Å². The highest BCUT2D eigenvalue weighted by molar-refractivity contribution is 6.35. The van der Waals surface area contributed by atoms with E-state index in [4.69, 9.17) is 23.2 Å². The number of nitrogens with one attached hydrogen (secondary N) is 1. The zero-order chi connectivity index (χ0) is 18.5. The Labute approximate surface area is 163 Å². The molecule has 1 aliphatic heterocycles. The molecule has 3 rings (SSSR count). The highest BCUT2D eigenvalue weighted by atomic mass is 35.5. The second kappa shape index (κ2) is 8.56. The van der Waals surface area contributed by atoms with Gasteiger partial charge >= 0.3 is 0 Å². The lowest BCUT2D eigenvalue weighted by molar-refractivity contribution is -0.129. The molecule has 6 heteroatoms. The van der Waals surface area contributed by atoms with Crippen LogP contribution in [0.4, 0.5) is 0 Å². The van der Waals surface area contributed by atoms with Gasteiger partial charge in [-0.25, -0.2) is 0 Å². The number of amides is 2. The molecule has 0 aromatic heterocycles. The van der Waals surface area contributed by atoms with E-state index >= 15 is 0 Å². The molecule has 0 spiro atoms. The molecule has 26 heavy (non-hydrogen) atoms. The van der Waals surface area contributed by atoms with Crippen LogP contribution in [0.3, 0.4) is 0 Å². The number of carbonyl (C=O) groups is 2. The van der Waals surface area contributed by atoms with Crippen LogP contribution in [0.25, 0.3) is 0 Å². The molecular formula is C20H20Cl2N2O2. The van der Waals surface area contributed by atoms with E-state index in [9.17, 15) is 9.59 Å². The Kier molecular flexibility index (Phi) is 6.17. The van der Waals surface area contributed by atoms with Gasteiger partial charge in [-0.2, -0.15) is 0 Å². The van der Waals surface area contributed by atoms with Gasteiger partial charge < -0.3 is 10.2 Å². The number of rotatable bonds is 6. The molecule has 0 aliphatic carbocycles. The fourth-order valence-corrected chi connectivity index (χ4v) is 3.60. The predicted molar refractivity (Wildman–Crippen MR) is 103 cm³/mol. The molecule has 0 radical (unpaired) electrons. The first kappa shape index (κ1) is 18.7. The average Bonchev–Trinajstić information content (AvgIpc) is 2.98. The first-order chi connectivity index (χ1) is 12.5. The lowest BCUT2D eigenvalue weighted by Crippen LogP contribution is -2.34. The van der Waals surface area contributed by atoms with Gasteiger partial charge in [0.1, 0.15) is 0 Å². The molecule has 2 amide bonds. The van der Waals surface area contributed by atoms with Gasteiger partial charge in [-0.15, -0.1) is 0 Å². The summed E-state index contributed by atoms with van der Waals surface area (Å²) < 4.78 is 0. The lowest BCUT2D eigenvalue weighted by Gasteiger charge is -2.16. The SMILES string of the molecule is O=C(NCCc1ccc(Cl)cc1Cl)C1CC(=O)N(Cc2ccccc2)C1. The third kappa shape index (κ3) is 4.77. The molecule has 1 saturated heterocycles. The monoisotopic (exact) mass is 390 g/mol. The molecule has 1 unspecified atom stereocenters. The molecule has 4 nitrogen and oxygen atoms in total. The van der Waals surface area contributed by atoms with Crippen molar-refractivity contribution in [2.45, 2.75) is 19.4 Å². The molecule has 1 aliphatic rings. The number of hydrogen-bond donors (Lipinski definition) is 1. The molecule has 2 aromatic carbocycles. The second-order valence-electron chi connectivity index (χ2n) is 6.44. The van der Waals surface area contributed by atoms with Crippen molar-refractivity contribution >= 4 is 35.0 Å². The summed E-state index contributed by atoms with van der Waals surface area (Å²) in [5, 5.41) is 4.09. The number of carbonyl (C=O) groups excluding carboxylic acids is 2. The molecule has 1 atom stereocenters. The molecule has 136 valence electrons. The molecular weight excluding hydrogens is 371 g/mol. The Morgan fingerprint density at radius 1 is 1.15 bits per heavy atom. The number of likely N-dealkylation sites (tertiary alicyclic amines) is 1. The fourth-order valence-electron chi connectivity index (χ4n) is 3.09. The molecule has 0 bridgehead atoms. The Balaban J connectivity index is 1.48. The summed E-state index contributed by atoms with van der Waals surface area (Å²) in [7, 11) is 0. The van der Waals surface area contributed by atoms with E-state index in [0.717, 1.165) is 11.1 Å². The normalized spacial score (nSPS) is 16.8. The summed E-state index contributed by atoms with van der Waals surface area (Å²) in [6.45, 7) is 1.48. The predicted octanol–water partition coefficient (Wildman–Crippen LogP) is 3.70. The average molecular weight is 391 g/mol. The minimum Gasteiger partial charge on any atom is -0.355 e. The third-order valence-electron chi connectivity index (χ3n) is 4.51.